The van der Waals surface area contributed by atoms with E-state index in [0.717, 1.165) is 31.5 Å². The summed E-state index contributed by atoms with van der Waals surface area (Å²) in [6, 6.07) is 5.31. The average molecular weight is 300 g/mol. The summed E-state index contributed by atoms with van der Waals surface area (Å²) in [5.74, 6) is 0.0368. The fourth-order valence-electron chi connectivity index (χ4n) is 1.76. The zero-order chi connectivity index (χ0) is 14.3. The number of hydrogen-bond donors (Lipinski definition) is 0. The first-order valence-electron chi connectivity index (χ1n) is 6.50. The number of benzene rings is 1. The van der Waals surface area contributed by atoms with Gasteiger partial charge in [-0.2, -0.15) is 0 Å². The topological polar surface area (TPSA) is 20.3 Å². The van der Waals surface area contributed by atoms with Gasteiger partial charge in [0, 0.05) is 19.2 Å². The molecule has 0 aliphatic heterocycles. The second-order valence-electron chi connectivity index (χ2n) is 4.33. The van der Waals surface area contributed by atoms with Gasteiger partial charge in [0.15, 0.2) is 0 Å². The predicted molar refractivity (Wildman–Crippen MR) is 82.7 cm³/mol. The molecule has 0 heterocycles. The lowest BCUT2D eigenvalue weighted by Gasteiger charge is -2.19. The first-order chi connectivity index (χ1) is 9.08. The molecule has 1 amide bonds. The lowest BCUT2D eigenvalue weighted by molar-refractivity contribution is -0.126. The Balaban J connectivity index is 2.73. The van der Waals surface area contributed by atoms with E-state index < -0.39 is 0 Å². The van der Waals surface area contributed by atoms with Crippen LogP contribution in [0.5, 0.6) is 0 Å². The minimum Gasteiger partial charge on any atom is -0.339 e. The smallest absolute Gasteiger partial charge is 0.246 e. The van der Waals surface area contributed by atoms with Crippen LogP contribution in [0.4, 0.5) is 0 Å². The third kappa shape index (κ3) is 5.25. The molecule has 1 rings (SSSR count). The molecule has 0 unspecified atom stereocenters. The van der Waals surface area contributed by atoms with Crippen molar-refractivity contribution in [3.05, 3.63) is 39.9 Å². The van der Waals surface area contributed by atoms with Crippen molar-refractivity contribution in [2.24, 2.45) is 0 Å². The first kappa shape index (κ1) is 16.1. The second kappa shape index (κ2) is 8.23. The maximum absolute atomic E-state index is 12.0. The summed E-state index contributed by atoms with van der Waals surface area (Å²) in [5, 5.41) is 1.01. The van der Waals surface area contributed by atoms with Crippen molar-refractivity contribution >= 4 is 35.2 Å². The van der Waals surface area contributed by atoms with E-state index in [1.165, 1.54) is 0 Å². The number of rotatable bonds is 6. The number of carbonyl (C=O) groups excluding carboxylic acids is 1. The van der Waals surface area contributed by atoms with Gasteiger partial charge in [-0.1, -0.05) is 43.1 Å². The highest BCUT2D eigenvalue weighted by atomic mass is 35.5. The molecule has 0 aliphatic rings. The molecule has 19 heavy (non-hydrogen) atoms. The van der Waals surface area contributed by atoms with Gasteiger partial charge < -0.3 is 4.90 Å². The normalized spacial score (nSPS) is 10.9. The number of hydrogen-bond acceptors (Lipinski definition) is 1. The van der Waals surface area contributed by atoms with Crippen molar-refractivity contribution in [1.29, 1.82) is 0 Å². The van der Waals surface area contributed by atoms with E-state index in [9.17, 15) is 4.79 Å². The summed E-state index contributed by atoms with van der Waals surface area (Å²) in [5.41, 5.74) is 0.871. The van der Waals surface area contributed by atoms with Crippen LogP contribution in [0.1, 0.15) is 32.3 Å². The van der Waals surface area contributed by atoms with Crippen LogP contribution in [0, 0.1) is 0 Å². The van der Waals surface area contributed by atoms with Crippen LogP contribution in [0.2, 0.25) is 10.0 Å². The van der Waals surface area contributed by atoms with E-state index in [0.29, 0.717) is 10.0 Å². The SMILES string of the molecule is CCCN(CCC)C(=O)/C=C/c1ccc(Cl)c(Cl)c1. The third-order valence-corrected chi connectivity index (χ3v) is 3.40. The maximum Gasteiger partial charge on any atom is 0.246 e. The van der Waals surface area contributed by atoms with Crippen LogP contribution in [-0.4, -0.2) is 23.9 Å². The Labute approximate surface area is 125 Å². The molecule has 1 aromatic carbocycles. The van der Waals surface area contributed by atoms with Gasteiger partial charge in [-0.3, -0.25) is 4.79 Å². The molecule has 104 valence electrons. The summed E-state index contributed by atoms with van der Waals surface area (Å²) in [6.45, 7) is 5.72. The van der Waals surface area contributed by atoms with Crippen molar-refractivity contribution in [1.82, 2.24) is 4.90 Å². The molecular formula is C15H19Cl2NO. The van der Waals surface area contributed by atoms with Gasteiger partial charge in [-0.15, -0.1) is 0 Å². The quantitative estimate of drug-likeness (QED) is 0.700. The van der Waals surface area contributed by atoms with E-state index in [-0.39, 0.29) is 5.91 Å². The van der Waals surface area contributed by atoms with Crippen LogP contribution in [-0.2, 0) is 4.79 Å². The molecule has 0 saturated carbocycles. The minimum absolute atomic E-state index is 0.0368. The van der Waals surface area contributed by atoms with Gasteiger partial charge in [0.2, 0.25) is 5.91 Å². The van der Waals surface area contributed by atoms with Gasteiger partial charge in [0.25, 0.3) is 0 Å². The Morgan fingerprint density at radius 2 is 1.79 bits per heavy atom. The van der Waals surface area contributed by atoms with Crippen molar-refractivity contribution in [2.75, 3.05) is 13.1 Å². The largest absolute Gasteiger partial charge is 0.339 e. The van der Waals surface area contributed by atoms with Crippen molar-refractivity contribution in [2.45, 2.75) is 26.7 Å². The lowest BCUT2D eigenvalue weighted by Crippen LogP contribution is -2.30. The van der Waals surface area contributed by atoms with Crippen LogP contribution in [0.25, 0.3) is 6.08 Å². The number of carbonyl (C=O) groups is 1. The molecule has 0 N–H and O–H groups in total. The van der Waals surface area contributed by atoms with Crippen LogP contribution in [0.3, 0.4) is 0 Å². The van der Waals surface area contributed by atoms with Gasteiger partial charge >= 0.3 is 0 Å². The van der Waals surface area contributed by atoms with E-state index in [1.54, 1.807) is 24.3 Å². The Morgan fingerprint density at radius 3 is 2.32 bits per heavy atom. The van der Waals surface area contributed by atoms with Gasteiger partial charge in [0.1, 0.15) is 0 Å². The summed E-state index contributed by atoms with van der Waals surface area (Å²) < 4.78 is 0. The fraction of sp³-hybridized carbons (Fsp3) is 0.400. The van der Waals surface area contributed by atoms with Crippen molar-refractivity contribution in [3.63, 3.8) is 0 Å². The lowest BCUT2D eigenvalue weighted by atomic mass is 10.2. The van der Waals surface area contributed by atoms with Crippen LogP contribution in [0.15, 0.2) is 24.3 Å². The zero-order valence-corrected chi connectivity index (χ0v) is 12.8. The minimum atomic E-state index is 0.0368. The molecule has 0 aliphatic carbocycles. The highest BCUT2D eigenvalue weighted by molar-refractivity contribution is 6.42. The molecule has 0 radical (unpaired) electrons. The fourth-order valence-corrected chi connectivity index (χ4v) is 2.07. The third-order valence-electron chi connectivity index (χ3n) is 2.66. The van der Waals surface area contributed by atoms with E-state index in [2.05, 4.69) is 13.8 Å². The summed E-state index contributed by atoms with van der Waals surface area (Å²) in [7, 11) is 0. The number of halogens is 2. The van der Waals surface area contributed by atoms with Gasteiger partial charge in [-0.05, 0) is 36.6 Å². The molecule has 0 fully saturated rings. The Bertz CT molecular complexity index is 451. The van der Waals surface area contributed by atoms with Crippen LogP contribution >= 0.6 is 23.2 Å². The molecule has 0 bridgehead atoms. The average Bonchev–Trinajstić information content (AvgIpc) is 2.39. The van der Waals surface area contributed by atoms with Gasteiger partial charge in [-0.25, -0.2) is 0 Å². The first-order valence-corrected chi connectivity index (χ1v) is 7.26. The molecule has 0 aromatic heterocycles. The number of amides is 1. The molecule has 0 atom stereocenters. The predicted octanol–water partition coefficient (Wildman–Crippen LogP) is 4.66. The number of nitrogens with zero attached hydrogens (tertiary/aromatic N) is 1. The zero-order valence-electron chi connectivity index (χ0n) is 11.3. The summed E-state index contributed by atoms with van der Waals surface area (Å²) in [6.07, 6.45) is 5.28. The molecule has 1 aromatic rings. The Morgan fingerprint density at radius 1 is 1.16 bits per heavy atom. The van der Waals surface area contributed by atoms with E-state index in [4.69, 9.17) is 23.2 Å². The second-order valence-corrected chi connectivity index (χ2v) is 5.15. The van der Waals surface area contributed by atoms with E-state index >= 15 is 0 Å². The van der Waals surface area contributed by atoms with Crippen molar-refractivity contribution < 1.29 is 4.79 Å². The molecule has 4 heteroatoms. The maximum atomic E-state index is 12.0. The standard InChI is InChI=1S/C15H19Cl2NO/c1-3-9-18(10-4-2)15(19)8-6-12-5-7-13(16)14(17)11-12/h5-8,11H,3-4,9-10H2,1-2H3/b8-6+. The monoisotopic (exact) mass is 299 g/mol. The van der Waals surface area contributed by atoms with E-state index in [1.807, 2.05) is 11.0 Å². The molecular weight excluding hydrogens is 281 g/mol. The van der Waals surface area contributed by atoms with Crippen LogP contribution < -0.4 is 0 Å². The summed E-state index contributed by atoms with van der Waals surface area (Å²) in [4.78, 5) is 13.9. The van der Waals surface area contributed by atoms with Crippen molar-refractivity contribution in [3.8, 4) is 0 Å². The molecule has 0 saturated heterocycles. The summed E-state index contributed by atoms with van der Waals surface area (Å²) >= 11 is 11.8. The Kier molecular flexibility index (Phi) is 6.96. The Hall–Kier alpha value is -0.990. The highest BCUT2D eigenvalue weighted by Gasteiger charge is 2.07. The van der Waals surface area contributed by atoms with Gasteiger partial charge in [0.05, 0.1) is 10.0 Å². The molecule has 2 nitrogen and oxygen atoms in total. The highest BCUT2D eigenvalue weighted by Crippen LogP contribution is 2.23. The molecule has 0 spiro atoms.